The molecule has 0 bridgehead atoms. The molecule has 0 unspecified atom stereocenters. The summed E-state index contributed by atoms with van der Waals surface area (Å²) in [5.74, 6) is -0.100. The Kier molecular flexibility index (Phi) is 5.32. The van der Waals surface area contributed by atoms with Crippen molar-refractivity contribution in [2.75, 3.05) is 16.8 Å². The molecule has 0 aliphatic heterocycles. The lowest BCUT2D eigenvalue weighted by atomic mass is 10.1. The average Bonchev–Trinajstić information content (AvgIpc) is 2.67. The van der Waals surface area contributed by atoms with Gasteiger partial charge in [-0.3, -0.25) is 4.79 Å². The number of carbonyl (C=O) groups is 1. The SMILES string of the molecule is CCN(C(=O)c1ccc(Nc2cccc(C)c2C)cn1)c1ccccc1. The van der Waals surface area contributed by atoms with Gasteiger partial charge in [-0.1, -0.05) is 30.3 Å². The van der Waals surface area contributed by atoms with E-state index in [2.05, 4.69) is 30.2 Å². The predicted octanol–water partition coefficient (Wildman–Crippen LogP) is 5.11. The molecule has 0 aliphatic rings. The molecule has 1 N–H and O–H groups in total. The number of rotatable bonds is 5. The van der Waals surface area contributed by atoms with Crippen LogP contribution in [0.1, 0.15) is 28.5 Å². The Morgan fingerprint density at radius 1 is 1.00 bits per heavy atom. The first-order valence-electron chi connectivity index (χ1n) is 8.76. The van der Waals surface area contributed by atoms with Gasteiger partial charge in [0.15, 0.2) is 0 Å². The van der Waals surface area contributed by atoms with Crippen LogP contribution in [0.15, 0.2) is 66.9 Å². The van der Waals surface area contributed by atoms with E-state index in [4.69, 9.17) is 0 Å². The van der Waals surface area contributed by atoms with Crippen molar-refractivity contribution in [3.8, 4) is 0 Å². The van der Waals surface area contributed by atoms with Crippen LogP contribution in [0.4, 0.5) is 17.1 Å². The van der Waals surface area contributed by atoms with Crippen LogP contribution < -0.4 is 10.2 Å². The van der Waals surface area contributed by atoms with Gasteiger partial charge in [0, 0.05) is 17.9 Å². The second-order valence-electron chi connectivity index (χ2n) is 6.19. The van der Waals surface area contributed by atoms with Crippen molar-refractivity contribution in [1.29, 1.82) is 0 Å². The highest BCUT2D eigenvalue weighted by Crippen LogP contribution is 2.23. The van der Waals surface area contributed by atoms with Crippen LogP contribution in [0.3, 0.4) is 0 Å². The molecule has 4 heteroatoms. The van der Waals surface area contributed by atoms with Crippen LogP contribution in [0.25, 0.3) is 0 Å². The molecule has 26 heavy (non-hydrogen) atoms. The molecular weight excluding hydrogens is 322 g/mol. The first-order chi connectivity index (χ1) is 12.6. The van der Waals surface area contributed by atoms with E-state index in [1.54, 1.807) is 17.2 Å². The fourth-order valence-electron chi connectivity index (χ4n) is 2.83. The van der Waals surface area contributed by atoms with Gasteiger partial charge >= 0.3 is 0 Å². The van der Waals surface area contributed by atoms with Gasteiger partial charge < -0.3 is 10.2 Å². The Morgan fingerprint density at radius 2 is 1.77 bits per heavy atom. The smallest absolute Gasteiger partial charge is 0.276 e. The van der Waals surface area contributed by atoms with Crippen molar-refractivity contribution < 1.29 is 4.79 Å². The zero-order valence-corrected chi connectivity index (χ0v) is 15.4. The van der Waals surface area contributed by atoms with Gasteiger partial charge in [0.2, 0.25) is 0 Å². The summed E-state index contributed by atoms with van der Waals surface area (Å²) >= 11 is 0. The molecule has 4 nitrogen and oxygen atoms in total. The summed E-state index contributed by atoms with van der Waals surface area (Å²) in [5.41, 5.74) is 5.65. The third-order valence-electron chi connectivity index (χ3n) is 4.50. The summed E-state index contributed by atoms with van der Waals surface area (Å²) in [4.78, 5) is 18.9. The number of hydrogen-bond donors (Lipinski definition) is 1. The van der Waals surface area contributed by atoms with Crippen molar-refractivity contribution in [1.82, 2.24) is 4.98 Å². The van der Waals surface area contributed by atoms with Gasteiger partial charge in [-0.25, -0.2) is 4.98 Å². The van der Waals surface area contributed by atoms with E-state index in [1.807, 2.05) is 55.5 Å². The molecule has 0 saturated carbocycles. The van der Waals surface area contributed by atoms with Crippen molar-refractivity contribution in [3.05, 3.63) is 83.7 Å². The third-order valence-corrected chi connectivity index (χ3v) is 4.50. The van der Waals surface area contributed by atoms with Crippen molar-refractivity contribution in [2.45, 2.75) is 20.8 Å². The molecule has 0 saturated heterocycles. The Bertz CT molecular complexity index is 889. The number of aromatic nitrogens is 1. The van der Waals surface area contributed by atoms with Crippen LogP contribution in [0, 0.1) is 13.8 Å². The number of carbonyl (C=O) groups excluding carboxylic acids is 1. The number of anilines is 3. The minimum atomic E-state index is -0.100. The highest BCUT2D eigenvalue weighted by Gasteiger charge is 2.17. The second-order valence-corrected chi connectivity index (χ2v) is 6.19. The Balaban J connectivity index is 1.78. The predicted molar refractivity (Wildman–Crippen MR) is 107 cm³/mol. The average molecular weight is 345 g/mol. The van der Waals surface area contributed by atoms with Gasteiger partial charge in [-0.05, 0) is 62.2 Å². The molecule has 1 heterocycles. The van der Waals surface area contributed by atoms with Crippen molar-refractivity contribution in [2.24, 2.45) is 0 Å². The molecule has 132 valence electrons. The summed E-state index contributed by atoms with van der Waals surface area (Å²) in [6, 6.07) is 19.4. The minimum absolute atomic E-state index is 0.100. The molecule has 2 aromatic carbocycles. The molecule has 0 radical (unpaired) electrons. The number of hydrogen-bond acceptors (Lipinski definition) is 3. The Morgan fingerprint density at radius 3 is 2.42 bits per heavy atom. The molecule has 0 spiro atoms. The summed E-state index contributed by atoms with van der Waals surface area (Å²) in [6.45, 7) is 6.72. The lowest BCUT2D eigenvalue weighted by Crippen LogP contribution is -2.31. The zero-order valence-electron chi connectivity index (χ0n) is 15.4. The maximum absolute atomic E-state index is 12.8. The van der Waals surface area contributed by atoms with E-state index in [1.165, 1.54) is 11.1 Å². The molecule has 1 amide bonds. The van der Waals surface area contributed by atoms with E-state index < -0.39 is 0 Å². The van der Waals surface area contributed by atoms with Gasteiger partial charge in [0.05, 0.1) is 11.9 Å². The number of nitrogens with zero attached hydrogens (tertiary/aromatic N) is 2. The fraction of sp³-hybridized carbons (Fsp3) is 0.182. The second kappa shape index (κ2) is 7.83. The van der Waals surface area contributed by atoms with Crippen LogP contribution in [0.5, 0.6) is 0 Å². The zero-order chi connectivity index (χ0) is 18.5. The molecular formula is C22H23N3O. The van der Waals surface area contributed by atoms with Gasteiger partial charge in [-0.15, -0.1) is 0 Å². The fourth-order valence-corrected chi connectivity index (χ4v) is 2.83. The number of para-hydroxylation sites is 1. The molecule has 3 rings (SSSR count). The van der Waals surface area contributed by atoms with Gasteiger partial charge in [0.1, 0.15) is 5.69 Å². The van der Waals surface area contributed by atoms with Gasteiger partial charge in [0.25, 0.3) is 5.91 Å². The number of nitrogens with one attached hydrogen (secondary N) is 1. The van der Waals surface area contributed by atoms with Crippen LogP contribution in [-0.2, 0) is 0 Å². The standard InChI is InChI=1S/C22H23N3O/c1-4-25(19-10-6-5-7-11-19)22(26)21-14-13-18(15-23-21)24-20-12-8-9-16(2)17(20)3/h5-15,24H,4H2,1-3H3. The summed E-state index contributed by atoms with van der Waals surface area (Å²) in [6.07, 6.45) is 1.70. The van der Waals surface area contributed by atoms with Crippen LogP contribution >= 0.6 is 0 Å². The lowest BCUT2D eigenvalue weighted by Gasteiger charge is -2.20. The van der Waals surface area contributed by atoms with E-state index >= 15 is 0 Å². The first kappa shape index (κ1) is 17.7. The van der Waals surface area contributed by atoms with Crippen molar-refractivity contribution >= 4 is 23.0 Å². The molecule has 3 aromatic rings. The number of amides is 1. The molecule has 0 atom stereocenters. The maximum Gasteiger partial charge on any atom is 0.276 e. The van der Waals surface area contributed by atoms with E-state index in [9.17, 15) is 4.79 Å². The van der Waals surface area contributed by atoms with Crippen LogP contribution in [0.2, 0.25) is 0 Å². The normalized spacial score (nSPS) is 10.4. The topological polar surface area (TPSA) is 45.2 Å². The largest absolute Gasteiger partial charge is 0.354 e. The number of aryl methyl sites for hydroxylation is 1. The van der Waals surface area contributed by atoms with Crippen molar-refractivity contribution in [3.63, 3.8) is 0 Å². The number of pyridine rings is 1. The highest BCUT2D eigenvalue weighted by atomic mass is 16.2. The maximum atomic E-state index is 12.8. The number of benzene rings is 2. The molecule has 0 fully saturated rings. The highest BCUT2D eigenvalue weighted by molar-refractivity contribution is 6.04. The lowest BCUT2D eigenvalue weighted by molar-refractivity contribution is 0.0983. The Labute approximate surface area is 154 Å². The first-order valence-corrected chi connectivity index (χ1v) is 8.76. The monoisotopic (exact) mass is 345 g/mol. The Hall–Kier alpha value is -3.14. The summed E-state index contributed by atoms with van der Waals surface area (Å²) < 4.78 is 0. The van der Waals surface area contributed by atoms with E-state index in [0.29, 0.717) is 12.2 Å². The van der Waals surface area contributed by atoms with Gasteiger partial charge in [-0.2, -0.15) is 0 Å². The van der Waals surface area contributed by atoms with E-state index in [-0.39, 0.29) is 5.91 Å². The summed E-state index contributed by atoms with van der Waals surface area (Å²) in [5, 5.41) is 3.37. The molecule has 1 aromatic heterocycles. The third kappa shape index (κ3) is 3.75. The molecule has 0 aliphatic carbocycles. The summed E-state index contributed by atoms with van der Waals surface area (Å²) in [7, 11) is 0. The quantitative estimate of drug-likeness (QED) is 0.699. The van der Waals surface area contributed by atoms with Crippen LogP contribution in [-0.4, -0.2) is 17.4 Å². The minimum Gasteiger partial charge on any atom is -0.354 e. The van der Waals surface area contributed by atoms with E-state index in [0.717, 1.165) is 17.1 Å².